The molecule has 1 aromatic rings. The molecule has 4 heteroatoms. The molecule has 3 N–H and O–H groups in total. The van der Waals surface area contributed by atoms with Crippen LogP contribution in [0, 0.1) is 0 Å². The Morgan fingerprint density at radius 1 is 1.53 bits per heavy atom. The van der Waals surface area contributed by atoms with E-state index in [2.05, 4.69) is 21.2 Å². The fraction of sp³-hybridized carbons (Fsp3) is 0.455. The molecule has 3 nitrogen and oxygen atoms in total. The average molecular weight is 273 g/mol. The minimum absolute atomic E-state index is 0.193. The van der Waals surface area contributed by atoms with Crippen molar-refractivity contribution >= 4 is 27.3 Å². The maximum absolute atomic E-state index is 5.85. The van der Waals surface area contributed by atoms with Crippen LogP contribution in [0.15, 0.2) is 22.7 Å². The van der Waals surface area contributed by atoms with E-state index in [1.165, 1.54) is 0 Å². The first kappa shape index (κ1) is 12.3. The number of nitrogens with one attached hydrogen (secondary N) is 1. The number of nitrogens with two attached hydrogens (primary N) is 1. The topological polar surface area (TPSA) is 47.3 Å². The van der Waals surface area contributed by atoms with E-state index in [0.717, 1.165) is 29.0 Å². The molecule has 0 aliphatic rings. The Hall–Kier alpha value is -0.740. The molecule has 1 aromatic carbocycles. The number of hydrogen-bond donors (Lipinski definition) is 2. The van der Waals surface area contributed by atoms with Crippen LogP contribution in [0.25, 0.3) is 0 Å². The van der Waals surface area contributed by atoms with Crippen LogP contribution >= 0.6 is 15.9 Å². The van der Waals surface area contributed by atoms with Gasteiger partial charge >= 0.3 is 0 Å². The number of halogens is 1. The fourth-order valence-electron chi connectivity index (χ4n) is 1.29. The largest absolute Gasteiger partial charge is 0.397 e. The first-order valence-electron chi connectivity index (χ1n) is 5.04. The van der Waals surface area contributed by atoms with E-state index in [-0.39, 0.29) is 6.10 Å². The molecule has 0 saturated heterocycles. The van der Waals surface area contributed by atoms with Gasteiger partial charge in [-0.15, -0.1) is 0 Å². The van der Waals surface area contributed by atoms with Crippen LogP contribution in [0.3, 0.4) is 0 Å². The van der Waals surface area contributed by atoms with E-state index in [9.17, 15) is 0 Å². The van der Waals surface area contributed by atoms with Gasteiger partial charge in [0.25, 0.3) is 0 Å². The van der Waals surface area contributed by atoms with Crippen LogP contribution in [-0.2, 0) is 4.74 Å². The lowest BCUT2D eigenvalue weighted by Crippen LogP contribution is -2.20. The van der Waals surface area contributed by atoms with E-state index in [0.29, 0.717) is 0 Å². The quantitative estimate of drug-likeness (QED) is 0.811. The van der Waals surface area contributed by atoms with Crippen LogP contribution in [-0.4, -0.2) is 19.3 Å². The SMILES string of the molecule is CCOC(C)CNc1ccc(Br)cc1N. The van der Waals surface area contributed by atoms with Crippen molar-refractivity contribution in [2.45, 2.75) is 20.0 Å². The summed E-state index contributed by atoms with van der Waals surface area (Å²) >= 11 is 3.37. The molecule has 0 heterocycles. The van der Waals surface area contributed by atoms with Gasteiger partial charge in [-0.2, -0.15) is 0 Å². The molecule has 0 saturated carbocycles. The molecule has 0 aliphatic heterocycles. The summed E-state index contributed by atoms with van der Waals surface area (Å²) in [6.07, 6.45) is 0.193. The number of nitrogen functional groups attached to an aromatic ring is 1. The third kappa shape index (κ3) is 4.10. The van der Waals surface area contributed by atoms with Gasteiger partial charge in [-0.1, -0.05) is 15.9 Å². The molecule has 0 bridgehead atoms. The minimum Gasteiger partial charge on any atom is -0.397 e. The predicted octanol–water partition coefficient (Wildman–Crippen LogP) is 2.87. The van der Waals surface area contributed by atoms with Crippen molar-refractivity contribution in [3.05, 3.63) is 22.7 Å². The van der Waals surface area contributed by atoms with Crippen LogP contribution in [0.5, 0.6) is 0 Å². The zero-order valence-corrected chi connectivity index (χ0v) is 10.7. The molecule has 84 valence electrons. The van der Waals surface area contributed by atoms with E-state index in [4.69, 9.17) is 10.5 Å². The highest BCUT2D eigenvalue weighted by atomic mass is 79.9. The van der Waals surface area contributed by atoms with E-state index in [1.807, 2.05) is 32.0 Å². The summed E-state index contributed by atoms with van der Waals surface area (Å²) in [6.45, 7) is 5.52. The highest BCUT2D eigenvalue weighted by molar-refractivity contribution is 9.10. The second-order valence-electron chi connectivity index (χ2n) is 3.38. The monoisotopic (exact) mass is 272 g/mol. The second-order valence-corrected chi connectivity index (χ2v) is 4.29. The van der Waals surface area contributed by atoms with E-state index >= 15 is 0 Å². The number of ether oxygens (including phenoxy) is 1. The Kier molecular flexibility index (Phi) is 4.91. The van der Waals surface area contributed by atoms with E-state index in [1.54, 1.807) is 0 Å². The zero-order chi connectivity index (χ0) is 11.3. The molecule has 0 fully saturated rings. The third-order valence-corrected chi connectivity index (χ3v) is 2.54. The van der Waals surface area contributed by atoms with Crippen molar-refractivity contribution in [1.82, 2.24) is 0 Å². The summed E-state index contributed by atoms with van der Waals surface area (Å²) in [6, 6.07) is 5.80. The van der Waals surface area contributed by atoms with E-state index < -0.39 is 0 Å². The molecular weight excluding hydrogens is 256 g/mol. The van der Waals surface area contributed by atoms with Gasteiger partial charge in [-0.25, -0.2) is 0 Å². The van der Waals surface area contributed by atoms with Crippen molar-refractivity contribution < 1.29 is 4.74 Å². The number of hydrogen-bond acceptors (Lipinski definition) is 3. The zero-order valence-electron chi connectivity index (χ0n) is 9.09. The van der Waals surface area contributed by atoms with Gasteiger partial charge in [-0.3, -0.25) is 0 Å². The van der Waals surface area contributed by atoms with Crippen LogP contribution in [0.4, 0.5) is 11.4 Å². The maximum atomic E-state index is 5.85. The van der Waals surface area contributed by atoms with Gasteiger partial charge in [0.05, 0.1) is 17.5 Å². The Bertz CT molecular complexity index is 317. The molecule has 0 aliphatic carbocycles. The lowest BCUT2D eigenvalue weighted by atomic mass is 10.2. The van der Waals surface area contributed by atoms with Gasteiger partial charge in [0.2, 0.25) is 0 Å². The van der Waals surface area contributed by atoms with Crippen molar-refractivity contribution in [3.8, 4) is 0 Å². The lowest BCUT2D eigenvalue weighted by Gasteiger charge is -2.14. The van der Waals surface area contributed by atoms with Crippen LogP contribution < -0.4 is 11.1 Å². The summed E-state index contributed by atoms with van der Waals surface area (Å²) in [5, 5.41) is 3.25. The summed E-state index contributed by atoms with van der Waals surface area (Å²) in [4.78, 5) is 0. The first-order valence-corrected chi connectivity index (χ1v) is 5.83. The lowest BCUT2D eigenvalue weighted by molar-refractivity contribution is 0.0855. The summed E-state index contributed by atoms with van der Waals surface area (Å²) in [7, 11) is 0. The molecule has 1 atom stereocenters. The van der Waals surface area contributed by atoms with Crippen LogP contribution in [0.1, 0.15) is 13.8 Å². The van der Waals surface area contributed by atoms with Crippen LogP contribution in [0.2, 0.25) is 0 Å². The normalized spacial score (nSPS) is 12.5. The van der Waals surface area contributed by atoms with Gasteiger partial charge in [0.1, 0.15) is 0 Å². The van der Waals surface area contributed by atoms with Gasteiger partial charge in [0.15, 0.2) is 0 Å². The highest BCUT2D eigenvalue weighted by Gasteiger charge is 2.03. The molecule has 0 spiro atoms. The minimum atomic E-state index is 0.193. The Morgan fingerprint density at radius 2 is 2.27 bits per heavy atom. The number of rotatable bonds is 5. The van der Waals surface area contributed by atoms with Gasteiger partial charge in [-0.05, 0) is 32.0 Å². The molecular formula is C11H17BrN2O. The maximum Gasteiger partial charge on any atom is 0.0719 e. The molecule has 0 radical (unpaired) electrons. The Morgan fingerprint density at radius 3 is 2.87 bits per heavy atom. The Labute approximate surface area is 99.1 Å². The van der Waals surface area contributed by atoms with Crippen molar-refractivity contribution in [1.29, 1.82) is 0 Å². The Balaban J connectivity index is 2.50. The van der Waals surface area contributed by atoms with Crippen molar-refractivity contribution in [2.24, 2.45) is 0 Å². The second kappa shape index (κ2) is 5.98. The highest BCUT2D eigenvalue weighted by Crippen LogP contribution is 2.22. The molecule has 15 heavy (non-hydrogen) atoms. The smallest absolute Gasteiger partial charge is 0.0719 e. The number of anilines is 2. The van der Waals surface area contributed by atoms with Gasteiger partial charge < -0.3 is 15.8 Å². The molecule has 0 amide bonds. The third-order valence-electron chi connectivity index (χ3n) is 2.04. The summed E-state index contributed by atoms with van der Waals surface area (Å²) in [5.41, 5.74) is 7.54. The fourth-order valence-corrected chi connectivity index (χ4v) is 1.67. The summed E-state index contributed by atoms with van der Waals surface area (Å²) < 4.78 is 6.40. The average Bonchev–Trinajstić information content (AvgIpc) is 2.17. The van der Waals surface area contributed by atoms with Crippen molar-refractivity contribution in [2.75, 3.05) is 24.2 Å². The molecule has 1 unspecified atom stereocenters. The number of benzene rings is 1. The predicted molar refractivity (Wildman–Crippen MR) is 68.1 cm³/mol. The summed E-state index contributed by atoms with van der Waals surface area (Å²) in [5.74, 6) is 0. The molecule has 0 aromatic heterocycles. The van der Waals surface area contributed by atoms with Gasteiger partial charge in [0, 0.05) is 17.6 Å². The van der Waals surface area contributed by atoms with Crippen molar-refractivity contribution in [3.63, 3.8) is 0 Å². The standard InChI is InChI=1S/C11H17BrN2O/c1-3-15-8(2)7-14-11-5-4-9(12)6-10(11)13/h4-6,8,14H,3,7,13H2,1-2H3. The molecule has 1 rings (SSSR count). The first-order chi connectivity index (χ1) is 7.13.